The average molecular weight is 1700 g/mol. The fraction of sp³-hybridized carbons (Fsp3) is 0.512. The van der Waals surface area contributed by atoms with E-state index in [2.05, 4.69) is 93.7 Å². The van der Waals surface area contributed by atoms with Crippen LogP contribution >= 0.6 is 25.3 Å². The zero-order chi connectivity index (χ0) is 87.9. The topological polar surface area (TPSA) is 510 Å². The molecule has 1 saturated heterocycles. The summed E-state index contributed by atoms with van der Waals surface area (Å²) in [6.07, 6.45) is 5.11. The van der Waals surface area contributed by atoms with Crippen molar-refractivity contribution in [3.8, 4) is 0 Å². The number of rotatable bonds is 49. The molecule has 1 fully saturated rings. The summed E-state index contributed by atoms with van der Waals surface area (Å²) in [5.41, 5.74) is 27.7. The van der Waals surface area contributed by atoms with Crippen molar-refractivity contribution in [2.45, 2.75) is 230 Å². The molecule has 21 N–H and O–H groups in total. The highest BCUT2D eigenvalue weighted by molar-refractivity contribution is 7.80. The molecular formula is C86H122N18O14S2. The molecule has 32 nitrogen and oxygen atoms in total. The van der Waals surface area contributed by atoms with Crippen LogP contribution < -0.4 is 81.4 Å². The predicted octanol–water partition coefficient (Wildman–Crippen LogP) is 2.49. The second-order valence-corrected chi connectivity index (χ2v) is 32.6. The van der Waals surface area contributed by atoms with Gasteiger partial charge in [-0.1, -0.05) is 165 Å². The molecular weight excluding hydrogens is 1570 g/mol. The summed E-state index contributed by atoms with van der Waals surface area (Å²) in [7, 11) is 0. The number of aromatic amines is 2. The lowest BCUT2D eigenvalue weighted by atomic mass is 9.95. The number of H-pyrrole nitrogens is 2. The third-order valence-corrected chi connectivity index (χ3v) is 22.4. The molecule has 15 atom stereocenters. The van der Waals surface area contributed by atoms with Gasteiger partial charge in [-0.3, -0.25) is 67.1 Å². The molecule has 652 valence electrons. The van der Waals surface area contributed by atoms with Gasteiger partial charge >= 0.3 is 0 Å². The zero-order valence-electron chi connectivity index (χ0n) is 69.7. The average Bonchev–Trinajstić information content (AvgIpc) is 1.75. The summed E-state index contributed by atoms with van der Waals surface area (Å²) in [6, 6.07) is 15.8. The molecule has 0 radical (unpaired) electrons. The van der Waals surface area contributed by atoms with Crippen LogP contribution in [-0.4, -0.2) is 201 Å². The molecule has 0 aliphatic carbocycles. The van der Waals surface area contributed by atoms with Crippen molar-refractivity contribution in [3.63, 3.8) is 0 Å². The Labute approximate surface area is 711 Å². The molecule has 14 amide bonds. The van der Waals surface area contributed by atoms with Crippen LogP contribution in [0.25, 0.3) is 21.8 Å². The van der Waals surface area contributed by atoms with Gasteiger partial charge < -0.3 is 96.3 Å². The normalized spacial score (nSPS) is 16.2. The number of para-hydroxylation sites is 2. The van der Waals surface area contributed by atoms with Gasteiger partial charge in [-0.25, -0.2) is 0 Å². The SMILES string of the molecule is CC[C@H](C)[C@H](NC(=O)[C@H](CC(C)C)NC(=O)[C@H](CS)NC(=O)[C@@H]1CCCN1C(=O)[C@H](CC(C)C)NC(=O)[C@@H](NC(=O)[C@H](CS)NC(=O)[C@H](Cc1ccccc1)NC(=O)[C@@H](N)Cc1c[nH]c2ccccc12)[C@@H](C)CC)C(=O)N[C@@H](Cc1ccccc1)C(=O)N[C@@H](CCCCN)C(=O)N[C@@H](Cc1c[nH]c2ccccc12)C(=O)N[C@@H](CCC(N)=O)C(N)=O. The second kappa shape index (κ2) is 47.8. The molecule has 120 heavy (non-hydrogen) atoms. The smallest absolute Gasteiger partial charge is 0.245 e. The van der Waals surface area contributed by atoms with Crippen LogP contribution in [0.15, 0.2) is 122 Å². The monoisotopic (exact) mass is 1690 g/mol. The third kappa shape index (κ3) is 28.7. The first-order valence-electron chi connectivity index (χ1n) is 41.4. The van der Waals surface area contributed by atoms with Gasteiger partial charge in [-0.2, -0.15) is 25.3 Å². The lowest BCUT2D eigenvalue weighted by molar-refractivity contribution is -0.143. The number of unbranched alkanes of at least 4 members (excludes halogenated alkanes) is 1. The van der Waals surface area contributed by atoms with E-state index < -0.39 is 173 Å². The number of nitrogens with one attached hydrogen (secondary N) is 13. The maximum atomic E-state index is 15.0. The molecule has 4 aromatic carbocycles. The van der Waals surface area contributed by atoms with Crippen molar-refractivity contribution in [2.24, 2.45) is 46.6 Å². The zero-order valence-corrected chi connectivity index (χ0v) is 71.5. The highest BCUT2D eigenvalue weighted by Gasteiger charge is 2.43. The number of carbonyl (C=O) groups excluding carboxylic acids is 14. The van der Waals surface area contributed by atoms with Crippen LogP contribution in [0, 0.1) is 23.7 Å². The van der Waals surface area contributed by atoms with E-state index in [0.717, 1.165) is 27.4 Å². The fourth-order valence-corrected chi connectivity index (χ4v) is 15.0. The van der Waals surface area contributed by atoms with E-state index in [0.29, 0.717) is 48.8 Å². The minimum absolute atomic E-state index is 0.0157. The Kier molecular flexibility index (Phi) is 38.4. The molecule has 0 spiro atoms. The Morgan fingerprint density at radius 2 is 0.842 bits per heavy atom. The molecule has 7 rings (SSSR count). The molecule has 34 heteroatoms. The number of nitrogens with zero attached hydrogens (tertiary/aromatic N) is 1. The minimum atomic E-state index is -1.40. The molecule has 1 aliphatic heterocycles. The first-order chi connectivity index (χ1) is 57.3. The number of primary amides is 2. The summed E-state index contributed by atoms with van der Waals surface area (Å²) in [5, 5.41) is 32.2. The summed E-state index contributed by atoms with van der Waals surface area (Å²) in [6.45, 7) is 14.7. The van der Waals surface area contributed by atoms with Gasteiger partial charge in [0.2, 0.25) is 82.7 Å². The number of thiol groups is 2. The summed E-state index contributed by atoms with van der Waals surface area (Å²) >= 11 is 8.89. The summed E-state index contributed by atoms with van der Waals surface area (Å²) in [4.78, 5) is 207. The summed E-state index contributed by atoms with van der Waals surface area (Å²) < 4.78 is 0. The van der Waals surface area contributed by atoms with Crippen molar-refractivity contribution in [2.75, 3.05) is 24.6 Å². The molecule has 2 aromatic heterocycles. The fourth-order valence-electron chi connectivity index (χ4n) is 14.4. The molecule has 1 aliphatic rings. The van der Waals surface area contributed by atoms with Gasteiger partial charge in [0.15, 0.2) is 0 Å². The van der Waals surface area contributed by atoms with E-state index >= 15 is 0 Å². The number of hydrogen-bond donors (Lipinski definition) is 19. The number of nitrogens with two attached hydrogens (primary N) is 4. The van der Waals surface area contributed by atoms with E-state index in [4.69, 9.17) is 22.9 Å². The highest BCUT2D eigenvalue weighted by Crippen LogP contribution is 2.25. The van der Waals surface area contributed by atoms with Crippen LogP contribution in [0.5, 0.6) is 0 Å². The van der Waals surface area contributed by atoms with Gasteiger partial charge in [-0.05, 0) is 122 Å². The number of likely N-dealkylation sites (tertiary alicyclic amines) is 1. The Morgan fingerprint density at radius 3 is 1.33 bits per heavy atom. The molecule has 6 aromatic rings. The van der Waals surface area contributed by atoms with Crippen molar-refractivity contribution < 1.29 is 67.1 Å². The molecule has 3 heterocycles. The van der Waals surface area contributed by atoms with E-state index in [1.807, 2.05) is 83.1 Å². The number of amides is 14. The standard InChI is InChI=1S/C86H122N18O14S2/c1-9-50(7)72(84(116)98-65(41-53-26-15-12-16-27-53)77(109)94-62(32-21-22-36-87)76(108)97-66(43-55-45-92-60-31-20-18-29-57(55)60)79(111)93-61(74(90)106)34-35-71(89)105)102-80(112)63(38-48(3)4)96-81(113)68(46-119)101-83(115)70-33-23-37-104(70)86(118)67(39-49(5)6)99-85(117)73(51(8)10-2)103-82(114)69(47-120)100-78(110)64(40-52-24-13-11-14-25-52)95-75(107)58(88)42-54-44-91-59-30-19-17-28-56(54)59/h11-20,24-31,44-45,48-51,58,61-70,72-73,91-92,119-120H,9-10,21-23,32-43,46-47,87-88H2,1-8H3,(H2,89,105)(H2,90,106)(H,93,111)(H,94,109)(H,95,107)(H,96,113)(H,97,108)(H,98,116)(H,99,117)(H,100,110)(H,101,115)(H,102,112)(H,103,114)/t50-,51-,58-,61-,62-,63-,64-,65-,66-,67-,68-,69-,70-,72-,73-/m0/s1. The Hall–Kier alpha value is -10.8. The van der Waals surface area contributed by atoms with Gasteiger partial charge in [0.1, 0.15) is 72.5 Å². The van der Waals surface area contributed by atoms with Gasteiger partial charge in [0.25, 0.3) is 0 Å². The first kappa shape index (κ1) is 96.3. The third-order valence-electron chi connectivity index (χ3n) is 21.7. The van der Waals surface area contributed by atoms with Crippen LogP contribution in [0.3, 0.4) is 0 Å². The quantitative estimate of drug-likeness (QED) is 0.0193. The Morgan fingerprint density at radius 1 is 0.442 bits per heavy atom. The second-order valence-electron chi connectivity index (χ2n) is 31.9. The number of benzene rings is 4. The first-order valence-corrected chi connectivity index (χ1v) is 42.6. The van der Waals surface area contributed by atoms with Crippen LogP contribution in [0.4, 0.5) is 0 Å². The number of fused-ring (bicyclic) bond motifs is 2. The van der Waals surface area contributed by atoms with E-state index in [9.17, 15) is 67.1 Å². The van der Waals surface area contributed by atoms with Crippen LogP contribution in [-0.2, 0) is 92.8 Å². The predicted molar refractivity (Wildman–Crippen MR) is 464 cm³/mol. The lowest BCUT2D eigenvalue weighted by Crippen LogP contribution is -2.62. The number of carbonyl (C=O) groups is 14. The van der Waals surface area contributed by atoms with Gasteiger partial charge in [0, 0.05) is 77.9 Å². The van der Waals surface area contributed by atoms with Crippen molar-refractivity contribution in [1.29, 1.82) is 0 Å². The number of hydrogen-bond acceptors (Lipinski definition) is 18. The van der Waals surface area contributed by atoms with Crippen molar-refractivity contribution in [3.05, 3.63) is 144 Å². The van der Waals surface area contributed by atoms with Crippen LogP contribution in [0.2, 0.25) is 0 Å². The van der Waals surface area contributed by atoms with E-state index in [1.165, 1.54) is 4.90 Å². The molecule has 0 saturated carbocycles. The highest BCUT2D eigenvalue weighted by atomic mass is 32.1. The van der Waals surface area contributed by atoms with Gasteiger partial charge in [-0.15, -0.1) is 0 Å². The summed E-state index contributed by atoms with van der Waals surface area (Å²) in [5.74, 6) is -12.6. The van der Waals surface area contributed by atoms with Crippen LogP contribution in [0.1, 0.15) is 148 Å². The maximum absolute atomic E-state index is 15.0. The minimum Gasteiger partial charge on any atom is -0.370 e. The Bertz CT molecular complexity index is 4470. The van der Waals surface area contributed by atoms with Crippen molar-refractivity contribution in [1.82, 2.24) is 73.4 Å². The van der Waals surface area contributed by atoms with Crippen molar-refractivity contribution >= 4 is 130 Å². The molecule has 0 bridgehead atoms. The number of aromatic nitrogens is 2. The van der Waals surface area contributed by atoms with E-state index in [-0.39, 0.29) is 101 Å². The van der Waals surface area contributed by atoms with Gasteiger partial charge in [0.05, 0.1) is 6.04 Å². The lowest BCUT2D eigenvalue weighted by Gasteiger charge is -2.32. The Balaban J connectivity index is 1.02. The largest absolute Gasteiger partial charge is 0.370 e. The maximum Gasteiger partial charge on any atom is 0.245 e. The van der Waals surface area contributed by atoms with E-state index in [1.54, 1.807) is 93.8 Å². The molecule has 0 unspecified atom stereocenters.